The van der Waals surface area contributed by atoms with E-state index in [1.807, 2.05) is 0 Å². The standard InChI is InChI=1S/C14H19BrN2O2/c1-19-13-6-5-9(7-11(13)15)14(18)17-12-4-2-3-10(12)8-16/h5-7,10,12H,2-4,8,16H2,1H3,(H,17,18). The van der Waals surface area contributed by atoms with Gasteiger partial charge in [-0.15, -0.1) is 0 Å². The van der Waals surface area contributed by atoms with Gasteiger partial charge in [-0.1, -0.05) is 6.42 Å². The lowest BCUT2D eigenvalue weighted by atomic mass is 10.0. The number of hydrogen-bond donors (Lipinski definition) is 2. The van der Waals surface area contributed by atoms with Crippen molar-refractivity contribution < 1.29 is 9.53 Å². The van der Waals surface area contributed by atoms with E-state index >= 15 is 0 Å². The van der Waals surface area contributed by atoms with Gasteiger partial charge in [-0.05, 0) is 59.4 Å². The Morgan fingerprint density at radius 2 is 2.32 bits per heavy atom. The molecule has 1 saturated carbocycles. The third-order valence-electron chi connectivity index (χ3n) is 3.69. The maximum absolute atomic E-state index is 12.2. The Balaban J connectivity index is 2.05. The second-order valence-electron chi connectivity index (χ2n) is 4.86. The maximum Gasteiger partial charge on any atom is 0.251 e. The molecular formula is C14H19BrN2O2. The Kier molecular flexibility index (Phi) is 4.82. The molecule has 1 aliphatic carbocycles. The maximum atomic E-state index is 12.2. The molecule has 104 valence electrons. The van der Waals surface area contributed by atoms with Gasteiger partial charge in [0.25, 0.3) is 5.91 Å². The molecular weight excluding hydrogens is 308 g/mol. The molecule has 19 heavy (non-hydrogen) atoms. The van der Waals surface area contributed by atoms with Gasteiger partial charge < -0.3 is 15.8 Å². The average Bonchev–Trinajstić information content (AvgIpc) is 2.85. The molecule has 1 aromatic rings. The first-order valence-corrected chi connectivity index (χ1v) is 7.29. The van der Waals surface area contributed by atoms with E-state index in [9.17, 15) is 4.79 Å². The van der Waals surface area contributed by atoms with Crippen LogP contribution in [-0.2, 0) is 0 Å². The van der Waals surface area contributed by atoms with Gasteiger partial charge in [-0.2, -0.15) is 0 Å². The molecule has 5 heteroatoms. The van der Waals surface area contributed by atoms with Crippen LogP contribution in [0.1, 0.15) is 29.6 Å². The van der Waals surface area contributed by atoms with Gasteiger partial charge in [0.1, 0.15) is 5.75 Å². The van der Waals surface area contributed by atoms with Gasteiger partial charge in [-0.25, -0.2) is 0 Å². The van der Waals surface area contributed by atoms with E-state index in [-0.39, 0.29) is 11.9 Å². The summed E-state index contributed by atoms with van der Waals surface area (Å²) in [6.45, 7) is 0.636. The number of ether oxygens (including phenoxy) is 1. The molecule has 2 atom stereocenters. The highest BCUT2D eigenvalue weighted by Crippen LogP contribution is 2.27. The first-order chi connectivity index (χ1) is 9.15. The predicted molar refractivity (Wildman–Crippen MR) is 78.3 cm³/mol. The third-order valence-corrected chi connectivity index (χ3v) is 4.31. The zero-order valence-corrected chi connectivity index (χ0v) is 12.6. The number of methoxy groups -OCH3 is 1. The SMILES string of the molecule is COc1ccc(C(=O)NC2CCCC2CN)cc1Br. The number of rotatable bonds is 4. The van der Waals surface area contributed by atoms with Crippen LogP contribution in [0.15, 0.2) is 22.7 Å². The van der Waals surface area contributed by atoms with Gasteiger partial charge in [0.05, 0.1) is 11.6 Å². The number of nitrogens with one attached hydrogen (secondary N) is 1. The summed E-state index contributed by atoms with van der Waals surface area (Å²) in [7, 11) is 1.60. The molecule has 0 aliphatic heterocycles. The van der Waals surface area contributed by atoms with Crippen LogP contribution < -0.4 is 15.8 Å². The highest BCUT2D eigenvalue weighted by molar-refractivity contribution is 9.10. The Morgan fingerprint density at radius 1 is 1.53 bits per heavy atom. The fraction of sp³-hybridized carbons (Fsp3) is 0.500. The fourth-order valence-corrected chi connectivity index (χ4v) is 3.11. The zero-order chi connectivity index (χ0) is 13.8. The molecule has 2 rings (SSSR count). The highest BCUT2D eigenvalue weighted by Gasteiger charge is 2.27. The summed E-state index contributed by atoms with van der Waals surface area (Å²) < 4.78 is 5.93. The summed E-state index contributed by atoms with van der Waals surface area (Å²) in [6.07, 6.45) is 3.26. The second kappa shape index (κ2) is 6.39. The van der Waals surface area contributed by atoms with Crippen LogP contribution in [0.4, 0.5) is 0 Å². The molecule has 0 saturated heterocycles. The van der Waals surface area contributed by atoms with E-state index < -0.39 is 0 Å². The Labute approximate surface area is 121 Å². The van der Waals surface area contributed by atoms with E-state index in [4.69, 9.17) is 10.5 Å². The van der Waals surface area contributed by atoms with Crippen LogP contribution in [0, 0.1) is 5.92 Å². The molecule has 1 amide bonds. The van der Waals surface area contributed by atoms with Gasteiger partial charge in [0.2, 0.25) is 0 Å². The van der Waals surface area contributed by atoms with Crippen molar-refractivity contribution in [3.63, 3.8) is 0 Å². The highest BCUT2D eigenvalue weighted by atomic mass is 79.9. The van der Waals surface area contributed by atoms with E-state index in [2.05, 4.69) is 21.2 Å². The molecule has 0 aromatic heterocycles. The first kappa shape index (κ1) is 14.3. The lowest BCUT2D eigenvalue weighted by Gasteiger charge is -2.19. The average molecular weight is 327 g/mol. The molecule has 2 unspecified atom stereocenters. The van der Waals surface area contributed by atoms with Crippen molar-refractivity contribution in [1.29, 1.82) is 0 Å². The quantitative estimate of drug-likeness (QED) is 0.892. The third kappa shape index (κ3) is 3.28. The summed E-state index contributed by atoms with van der Waals surface area (Å²) in [5.41, 5.74) is 6.36. The predicted octanol–water partition coefficient (Wildman–Crippen LogP) is 2.31. The number of nitrogens with two attached hydrogens (primary N) is 1. The Bertz CT molecular complexity index is 465. The van der Waals surface area contributed by atoms with Crippen molar-refractivity contribution in [3.05, 3.63) is 28.2 Å². The van der Waals surface area contributed by atoms with Gasteiger partial charge >= 0.3 is 0 Å². The lowest BCUT2D eigenvalue weighted by molar-refractivity contribution is 0.0928. The van der Waals surface area contributed by atoms with Crippen LogP contribution in [0.3, 0.4) is 0 Å². The van der Waals surface area contributed by atoms with Crippen LogP contribution in [-0.4, -0.2) is 25.6 Å². The van der Waals surface area contributed by atoms with E-state index in [0.717, 1.165) is 29.5 Å². The number of carbonyl (C=O) groups excluding carboxylic acids is 1. The van der Waals surface area contributed by atoms with Crippen molar-refractivity contribution in [2.75, 3.05) is 13.7 Å². The van der Waals surface area contributed by atoms with Gasteiger partial charge in [-0.3, -0.25) is 4.79 Å². The molecule has 0 spiro atoms. The summed E-state index contributed by atoms with van der Waals surface area (Å²) in [5.74, 6) is 1.08. The largest absolute Gasteiger partial charge is 0.496 e. The zero-order valence-electron chi connectivity index (χ0n) is 11.0. The second-order valence-corrected chi connectivity index (χ2v) is 5.71. The summed E-state index contributed by atoms with van der Waals surface area (Å²) >= 11 is 3.39. The van der Waals surface area contributed by atoms with Crippen molar-refractivity contribution in [3.8, 4) is 5.75 Å². The van der Waals surface area contributed by atoms with Gasteiger partial charge in [0, 0.05) is 11.6 Å². The minimum Gasteiger partial charge on any atom is -0.496 e. The molecule has 0 radical (unpaired) electrons. The molecule has 1 aliphatic rings. The number of carbonyl (C=O) groups is 1. The van der Waals surface area contributed by atoms with Crippen molar-refractivity contribution in [1.82, 2.24) is 5.32 Å². The normalized spacial score (nSPS) is 22.3. The number of benzene rings is 1. The molecule has 4 nitrogen and oxygen atoms in total. The molecule has 1 aromatic carbocycles. The monoisotopic (exact) mass is 326 g/mol. The molecule has 0 heterocycles. The topological polar surface area (TPSA) is 64.3 Å². The molecule has 0 bridgehead atoms. The number of halogens is 1. The number of hydrogen-bond acceptors (Lipinski definition) is 3. The Morgan fingerprint density at radius 3 is 2.95 bits per heavy atom. The fourth-order valence-electron chi connectivity index (χ4n) is 2.57. The van der Waals surface area contributed by atoms with E-state index in [0.29, 0.717) is 18.0 Å². The lowest BCUT2D eigenvalue weighted by Crippen LogP contribution is -2.39. The molecule has 3 N–H and O–H groups in total. The molecule has 1 fully saturated rings. The first-order valence-electron chi connectivity index (χ1n) is 6.50. The van der Waals surface area contributed by atoms with Crippen molar-refractivity contribution in [2.45, 2.75) is 25.3 Å². The smallest absolute Gasteiger partial charge is 0.251 e. The minimum atomic E-state index is -0.0475. The number of amides is 1. The van der Waals surface area contributed by atoms with E-state index in [1.54, 1.807) is 25.3 Å². The summed E-state index contributed by atoms with van der Waals surface area (Å²) in [5, 5.41) is 3.08. The van der Waals surface area contributed by atoms with Crippen molar-refractivity contribution in [2.24, 2.45) is 11.7 Å². The van der Waals surface area contributed by atoms with Crippen LogP contribution in [0.25, 0.3) is 0 Å². The summed E-state index contributed by atoms with van der Waals surface area (Å²) in [4.78, 5) is 12.2. The van der Waals surface area contributed by atoms with Crippen LogP contribution >= 0.6 is 15.9 Å². The van der Waals surface area contributed by atoms with Gasteiger partial charge in [0.15, 0.2) is 0 Å². The van der Waals surface area contributed by atoms with Crippen LogP contribution in [0.2, 0.25) is 0 Å². The van der Waals surface area contributed by atoms with Crippen molar-refractivity contribution >= 4 is 21.8 Å². The Hall–Kier alpha value is -1.07. The van der Waals surface area contributed by atoms with Crippen LogP contribution in [0.5, 0.6) is 5.75 Å². The minimum absolute atomic E-state index is 0.0475. The van der Waals surface area contributed by atoms with E-state index in [1.165, 1.54) is 0 Å². The summed E-state index contributed by atoms with van der Waals surface area (Å²) in [6, 6.07) is 5.54.